The summed E-state index contributed by atoms with van der Waals surface area (Å²) in [5.41, 5.74) is 0.941. The van der Waals surface area contributed by atoms with Crippen molar-refractivity contribution in [2.45, 2.75) is 6.54 Å². The van der Waals surface area contributed by atoms with Gasteiger partial charge < -0.3 is 5.32 Å². The van der Waals surface area contributed by atoms with Crippen LogP contribution in [0.2, 0.25) is 5.02 Å². The molecule has 15 heavy (non-hydrogen) atoms. The first-order valence-corrected chi connectivity index (χ1v) is 4.69. The molecule has 2 N–H and O–H groups in total. The maximum absolute atomic E-state index is 8.27. The van der Waals surface area contributed by atoms with Gasteiger partial charge in [0, 0.05) is 11.6 Å². The Balaban J connectivity index is 0.00000196. The van der Waals surface area contributed by atoms with E-state index in [1.165, 1.54) is 0 Å². The molecule has 0 aromatic heterocycles. The Labute approximate surface area is 121 Å². The molecule has 0 heterocycles. The Morgan fingerprint density at radius 1 is 1.47 bits per heavy atom. The number of nitrogens with zero attached hydrogens (tertiary/aromatic N) is 1. The Bertz CT molecular complexity index is 378. The molecule has 0 bridgehead atoms. The van der Waals surface area contributed by atoms with Gasteiger partial charge in [-0.15, -0.1) is 0 Å². The van der Waals surface area contributed by atoms with Crippen molar-refractivity contribution in [2.75, 3.05) is 0 Å². The normalized spacial score (nSPS) is 8.27. The van der Waals surface area contributed by atoms with E-state index in [4.69, 9.17) is 29.1 Å². The Kier molecular flexibility index (Phi) is 7.75. The van der Waals surface area contributed by atoms with Crippen molar-refractivity contribution in [3.05, 3.63) is 34.9 Å². The molecule has 0 amide bonds. The number of hydrogen-bond acceptors (Lipinski definition) is 2. The second-order valence-corrected chi connectivity index (χ2v) is 3.33. The monoisotopic (exact) mass is 249 g/mol. The molecule has 0 atom stereocenters. The van der Waals surface area contributed by atoms with Gasteiger partial charge in [-0.25, -0.2) is 0 Å². The maximum atomic E-state index is 8.27. The van der Waals surface area contributed by atoms with Crippen molar-refractivity contribution in [1.82, 2.24) is 10.6 Å². The predicted octanol–water partition coefficient (Wildman–Crippen LogP) is 1.14. The van der Waals surface area contributed by atoms with Gasteiger partial charge in [-0.3, -0.25) is 5.32 Å². The summed E-state index contributed by atoms with van der Waals surface area (Å²) in [5.74, 6) is 0. The van der Waals surface area contributed by atoms with Crippen LogP contribution in [0.25, 0.3) is 0 Å². The fourth-order valence-corrected chi connectivity index (χ4v) is 1.23. The standard InChI is InChI=1S/C9H8ClN3S.Na.H/c10-8-4-2-1-3-7(8)5-12-9(14)13-6-11;;/h1-4H,5H2,(H2,12,13,14);;. The zero-order valence-electron chi connectivity index (χ0n) is 7.25. The number of nitriles is 1. The summed E-state index contributed by atoms with van der Waals surface area (Å²) in [6, 6.07) is 7.45. The number of benzene rings is 1. The van der Waals surface area contributed by atoms with Crippen molar-refractivity contribution in [3.8, 4) is 6.19 Å². The molecular weight excluding hydrogens is 241 g/mol. The third kappa shape index (κ3) is 5.36. The van der Waals surface area contributed by atoms with Crippen LogP contribution in [-0.2, 0) is 6.54 Å². The average Bonchev–Trinajstić information content (AvgIpc) is 2.17. The number of hydrogen-bond donors (Lipinski definition) is 2. The summed E-state index contributed by atoms with van der Waals surface area (Å²) >= 11 is 10.7. The predicted molar refractivity (Wildman–Crippen MR) is 66.8 cm³/mol. The van der Waals surface area contributed by atoms with Crippen LogP contribution in [0.15, 0.2) is 24.3 Å². The van der Waals surface area contributed by atoms with Crippen LogP contribution >= 0.6 is 23.8 Å². The average molecular weight is 250 g/mol. The molecule has 0 saturated heterocycles. The van der Waals surface area contributed by atoms with Crippen molar-refractivity contribution in [3.63, 3.8) is 0 Å². The van der Waals surface area contributed by atoms with E-state index in [-0.39, 0.29) is 29.6 Å². The van der Waals surface area contributed by atoms with E-state index in [2.05, 4.69) is 10.6 Å². The number of thiocarbonyl (C=S) groups is 1. The Hall–Kier alpha value is -0.310. The quantitative estimate of drug-likeness (QED) is 0.357. The van der Waals surface area contributed by atoms with Crippen LogP contribution in [0.3, 0.4) is 0 Å². The van der Waals surface area contributed by atoms with Gasteiger partial charge in [0.15, 0.2) is 11.3 Å². The van der Waals surface area contributed by atoms with Gasteiger partial charge in [0.1, 0.15) is 0 Å². The van der Waals surface area contributed by atoms with Crippen molar-refractivity contribution >= 4 is 58.5 Å². The number of halogens is 1. The SMILES string of the molecule is N#CNC(=S)NCc1ccccc1Cl.[NaH]. The van der Waals surface area contributed by atoms with Gasteiger partial charge >= 0.3 is 29.6 Å². The van der Waals surface area contributed by atoms with Gasteiger partial charge in [0.2, 0.25) is 0 Å². The second-order valence-electron chi connectivity index (χ2n) is 2.51. The van der Waals surface area contributed by atoms with E-state index in [0.717, 1.165) is 5.56 Å². The molecule has 0 aliphatic rings. The fourth-order valence-electron chi connectivity index (χ4n) is 0.912. The number of nitrogens with one attached hydrogen (secondary N) is 2. The fraction of sp³-hybridized carbons (Fsp3) is 0.111. The molecule has 0 radical (unpaired) electrons. The molecule has 0 saturated carbocycles. The van der Waals surface area contributed by atoms with Gasteiger partial charge in [0.25, 0.3) is 0 Å². The molecule has 0 aliphatic carbocycles. The van der Waals surface area contributed by atoms with E-state index in [0.29, 0.717) is 16.7 Å². The van der Waals surface area contributed by atoms with Crippen molar-refractivity contribution < 1.29 is 0 Å². The van der Waals surface area contributed by atoms with Crippen molar-refractivity contribution in [2.24, 2.45) is 0 Å². The molecule has 0 unspecified atom stereocenters. The van der Waals surface area contributed by atoms with Crippen molar-refractivity contribution in [1.29, 1.82) is 5.26 Å². The molecule has 1 aromatic rings. The second kappa shape index (κ2) is 7.91. The van der Waals surface area contributed by atoms with Gasteiger partial charge in [0.05, 0.1) is 0 Å². The van der Waals surface area contributed by atoms with Crippen LogP contribution in [-0.4, -0.2) is 34.7 Å². The first-order valence-electron chi connectivity index (χ1n) is 3.90. The zero-order valence-corrected chi connectivity index (χ0v) is 8.82. The molecule has 0 fully saturated rings. The Morgan fingerprint density at radius 2 is 2.13 bits per heavy atom. The van der Waals surface area contributed by atoms with E-state index >= 15 is 0 Å². The van der Waals surface area contributed by atoms with E-state index < -0.39 is 0 Å². The molecule has 1 rings (SSSR count). The van der Waals surface area contributed by atoms with Crippen LogP contribution in [0, 0.1) is 11.5 Å². The van der Waals surface area contributed by atoms with E-state index in [1.54, 1.807) is 12.3 Å². The van der Waals surface area contributed by atoms with E-state index in [9.17, 15) is 0 Å². The van der Waals surface area contributed by atoms with Crippen LogP contribution < -0.4 is 10.6 Å². The summed E-state index contributed by atoms with van der Waals surface area (Å²) in [6.07, 6.45) is 1.73. The third-order valence-electron chi connectivity index (χ3n) is 1.57. The van der Waals surface area contributed by atoms with Crippen LogP contribution in [0.5, 0.6) is 0 Å². The third-order valence-corrected chi connectivity index (χ3v) is 2.18. The van der Waals surface area contributed by atoms with Crippen LogP contribution in [0.1, 0.15) is 5.56 Å². The van der Waals surface area contributed by atoms with Gasteiger partial charge in [-0.05, 0) is 23.8 Å². The molecule has 1 aromatic carbocycles. The van der Waals surface area contributed by atoms with Gasteiger partial charge in [-0.2, -0.15) is 5.26 Å². The zero-order chi connectivity index (χ0) is 10.4. The molecule has 3 nitrogen and oxygen atoms in total. The van der Waals surface area contributed by atoms with E-state index in [1.807, 2.05) is 18.2 Å². The number of rotatable bonds is 2. The molecule has 0 spiro atoms. The first-order chi connectivity index (χ1) is 6.74. The molecule has 6 heteroatoms. The molecule has 0 aliphatic heterocycles. The molecule has 74 valence electrons. The summed E-state index contributed by atoms with van der Waals surface area (Å²) in [6.45, 7) is 0.507. The summed E-state index contributed by atoms with van der Waals surface area (Å²) in [4.78, 5) is 0. The topological polar surface area (TPSA) is 47.9 Å². The van der Waals surface area contributed by atoms with Crippen LogP contribution in [0.4, 0.5) is 0 Å². The minimum atomic E-state index is 0. The minimum absolute atomic E-state index is 0. The molecular formula is C9H9ClN3NaS. The van der Waals surface area contributed by atoms with Gasteiger partial charge in [-0.1, -0.05) is 29.8 Å². The summed E-state index contributed by atoms with van der Waals surface area (Å²) in [5, 5.41) is 14.4. The summed E-state index contributed by atoms with van der Waals surface area (Å²) in [7, 11) is 0. The first kappa shape index (κ1) is 14.7. The Morgan fingerprint density at radius 3 is 2.73 bits per heavy atom. The summed E-state index contributed by atoms with van der Waals surface area (Å²) < 4.78 is 0.